The molecule has 0 saturated carbocycles. The lowest BCUT2D eigenvalue weighted by molar-refractivity contribution is -0.142. The van der Waals surface area contributed by atoms with Crippen LogP contribution in [0.4, 0.5) is 0 Å². The van der Waals surface area contributed by atoms with Crippen LogP contribution in [-0.4, -0.2) is 59.4 Å². The van der Waals surface area contributed by atoms with E-state index in [4.69, 9.17) is 11.5 Å². The molecular formula is C21H31N5O6. The number of carbonyl (C=O) groups excluding carboxylic acids is 4. The highest BCUT2D eigenvalue weighted by atomic mass is 16.4. The molecule has 3 atom stereocenters. The molecule has 0 aromatic heterocycles. The molecule has 0 aliphatic heterocycles. The molecule has 0 spiro atoms. The molecule has 1 aromatic carbocycles. The minimum atomic E-state index is -1.31. The molecule has 3 unspecified atom stereocenters. The van der Waals surface area contributed by atoms with E-state index >= 15 is 0 Å². The first-order valence-electron chi connectivity index (χ1n) is 10.2. The summed E-state index contributed by atoms with van der Waals surface area (Å²) in [7, 11) is 0. The number of hydrogen-bond donors (Lipinski definition) is 6. The maximum atomic E-state index is 12.9. The van der Waals surface area contributed by atoms with Crippen molar-refractivity contribution in [2.24, 2.45) is 17.4 Å². The molecule has 1 rings (SSSR count). The molecule has 0 radical (unpaired) electrons. The third kappa shape index (κ3) is 9.56. The average molecular weight is 450 g/mol. The van der Waals surface area contributed by atoms with Crippen LogP contribution in [0.15, 0.2) is 30.3 Å². The summed E-state index contributed by atoms with van der Waals surface area (Å²) < 4.78 is 0. The van der Waals surface area contributed by atoms with Crippen molar-refractivity contribution in [1.82, 2.24) is 16.0 Å². The van der Waals surface area contributed by atoms with Gasteiger partial charge < -0.3 is 32.5 Å². The van der Waals surface area contributed by atoms with E-state index < -0.39 is 60.7 Å². The number of rotatable bonds is 13. The molecule has 11 nitrogen and oxygen atoms in total. The smallest absolute Gasteiger partial charge is 0.326 e. The first-order valence-corrected chi connectivity index (χ1v) is 10.2. The van der Waals surface area contributed by atoms with Crippen molar-refractivity contribution in [1.29, 1.82) is 0 Å². The summed E-state index contributed by atoms with van der Waals surface area (Å²) in [6, 6.07) is 5.16. The molecule has 0 aliphatic rings. The third-order valence-electron chi connectivity index (χ3n) is 4.48. The molecule has 176 valence electrons. The first-order chi connectivity index (χ1) is 15.0. The highest BCUT2D eigenvalue weighted by Gasteiger charge is 2.30. The monoisotopic (exact) mass is 449 g/mol. The van der Waals surface area contributed by atoms with Gasteiger partial charge in [-0.3, -0.25) is 19.2 Å². The van der Waals surface area contributed by atoms with Crippen LogP contribution in [0, 0.1) is 5.92 Å². The fraction of sp³-hybridized carbons (Fsp3) is 0.476. The summed E-state index contributed by atoms with van der Waals surface area (Å²) in [6.45, 7) is 3.24. The average Bonchev–Trinajstić information content (AvgIpc) is 2.72. The molecular weight excluding hydrogens is 418 g/mol. The van der Waals surface area contributed by atoms with Crippen LogP contribution < -0.4 is 27.4 Å². The van der Waals surface area contributed by atoms with Crippen LogP contribution in [0.1, 0.15) is 32.3 Å². The lowest BCUT2D eigenvalue weighted by Gasteiger charge is -2.25. The van der Waals surface area contributed by atoms with Crippen molar-refractivity contribution in [2.75, 3.05) is 6.54 Å². The van der Waals surface area contributed by atoms with Crippen LogP contribution in [0.25, 0.3) is 0 Å². The first kappa shape index (κ1) is 26.6. The molecule has 4 amide bonds. The van der Waals surface area contributed by atoms with Gasteiger partial charge in [-0.2, -0.15) is 0 Å². The number of hydrogen-bond acceptors (Lipinski definition) is 6. The van der Waals surface area contributed by atoms with Gasteiger partial charge in [0.1, 0.15) is 18.1 Å². The van der Waals surface area contributed by atoms with Gasteiger partial charge in [0.2, 0.25) is 23.6 Å². The molecule has 0 saturated heterocycles. The summed E-state index contributed by atoms with van der Waals surface area (Å²) in [5.41, 5.74) is 11.1. The SMILES string of the molecule is CC(C)CC(NC(=O)C(CC(N)=O)NC(=O)CN)C(=O)NC(Cc1ccccc1)C(=O)O. The largest absolute Gasteiger partial charge is 0.480 e. The lowest BCUT2D eigenvalue weighted by Crippen LogP contribution is -2.57. The summed E-state index contributed by atoms with van der Waals surface area (Å²) in [5, 5.41) is 16.8. The van der Waals surface area contributed by atoms with Gasteiger partial charge in [0.05, 0.1) is 13.0 Å². The quantitative estimate of drug-likeness (QED) is 0.214. The number of nitrogens with one attached hydrogen (secondary N) is 3. The fourth-order valence-corrected chi connectivity index (χ4v) is 2.96. The number of nitrogens with two attached hydrogens (primary N) is 2. The maximum absolute atomic E-state index is 12.9. The van der Waals surface area contributed by atoms with Crippen molar-refractivity contribution in [3.05, 3.63) is 35.9 Å². The van der Waals surface area contributed by atoms with E-state index in [1.165, 1.54) is 0 Å². The molecule has 8 N–H and O–H groups in total. The Morgan fingerprint density at radius 1 is 0.906 bits per heavy atom. The van der Waals surface area contributed by atoms with Crippen LogP contribution in [0.3, 0.4) is 0 Å². The minimum Gasteiger partial charge on any atom is -0.480 e. The topological polar surface area (TPSA) is 194 Å². The lowest BCUT2D eigenvalue weighted by atomic mass is 10.0. The molecule has 0 aliphatic carbocycles. The Balaban J connectivity index is 2.97. The van der Waals surface area contributed by atoms with Crippen molar-refractivity contribution in [2.45, 2.75) is 51.2 Å². The molecule has 11 heteroatoms. The van der Waals surface area contributed by atoms with Crippen molar-refractivity contribution >= 4 is 29.6 Å². The standard InChI is InChI=1S/C21H31N5O6/c1-12(2)8-14(25-20(30)15(10-17(23)27)24-18(28)11-22)19(29)26-16(21(31)32)9-13-6-4-3-5-7-13/h3-7,12,14-16H,8-11,22H2,1-2H3,(H2,23,27)(H,24,28)(H,25,30)(H,26,29)(H,31,32). The fourth-order valence-electron chi connectivity index (χ4n) is 2.96. The van der Waals surface area contributed by atoms with E-state index in [2.05, 4.69) is 16.0 Å². The van der Waals surface area contributed by atoms with E-state index in [0.29, 0.717) is 0 Å². The zero-order valence-corrected chi connectivity index (χ0v) is 18.2. The Hall–Kier alpha value is -3.47. The molecule has 1 aromatic rings. The zero-order chi connectivity index (χ0) is 24.3. The summed E-state index contributed by atoms with van der Waals surface area (Å²) >= 11 is 0. The van der Waals surface area contributed by atoms with Gasteiger partial charge in [0, 0.05) is 6.42 Å². The van der Waals surface area contributed by atoms with Gasteiger partial charge in [0.25, 0.3) is 0 Å². The summed E-state index contributed by atoms with van der Waals surface area (Å²) in [4.78, 5) is 60.1. The molecule has 0 fully saturated rings. The van der Waals surface area contributed by atoms with E-state index in [1.807, 2.05) is 13.8 Å². The second-order valence-electron chi connectivity index (χ2n) is 7.77. The molecule has 0 heterocycles. The predicted molar refractivity (Wildman–Crippen MR) is 116 cm³/mol. The number of aliphatic carboxylic acids is 1. The Kier molecular flexibility index (Phi) is 10.8. The van der Waals surface area contributed by atoms with Crippen LogP contribution >= 0.6 is 0 Å². The van der Waals surface area contributed by atoms with Gasteiger partial charge in [-0.25, -0.2) is 4.79 Å². The van der Waals surface area contributed by atoms with Gasteiger partial charge in [0.15, 0.2) is 0 Å². The number of benzene rings is 1. The highest BCUT2D eigenvalue weighted by molar-refractivity contribution is 5.95. The zero-order valence-electron chi connectivity index (χ0n) is 18.2. The summed E-state index contributed by atoms with van der Waals surface area (Å²) in [5.74, 6) is -4.26. The number of primary amides is 1. The van der Waals surface area contributed by atoms with Gasteiger partial charge in [-0.15, -0.1) is 0 Å². The van der Waals surface area contributed by atoms with Crippen molar-refractivity contribution in [3.8, 4) is 0 Å². The van der Waals surface area contributed by atoms with E-state index in [9.17, 15) is 29.1 Å². The van der Waals surface area contributed by atoms with E-state index in [-0.39, 0.29) is 18.8 Å². The second-order valence-corrected chi connectivity index (χ2v) is 7.77. The third-order valence-corrected chi connectivity index (χ3v) is 4.48. The highest BCUT2D eigenvalue weighted by Crippen LogP contribution is 2.09. The Bertz CT molecular complexity index is 814. The normalized spacial score (nSPS) is 13.5. The number of amides is 4. The second kappa shape index (κ2) is 13.1. The number of carboxylic acid groups (broad SMARTS) is 1. The predicted octanol–water partition coefficient (Wildman–Crippen LogP) is -1.35. The van der Waals surface area contributed by atoms with Crippen molar-refractivity contribution < 1.29 is 29.1 Å². The molecule has 32 heavy (non-hydrogen) atoms. The molecule has 0 bridgehead atoms. The van der Waals surface area contributed by atoms with Crippen LogP contribution in [0.5, 0.6) is 0 Å². The van der Waals surface area contributed by atoms with Gasteiger partial charge in [-0.1, -0.05) is 44.2 Å². The van der Waals surface area contributed by atoms with E-state index in [0.717, 1.165) is 5.56 Å². The Morgan fingerprint density at radius 2 is 1.47 bits per heavy atom. The van der Waals surface area contributed by atoms with Crippen LogP contribution in [0.2, 0.25) is 0 Å². The Morgan fingerprint density at radius 3 is 1.97 bits per heavy atom. The van der Waals surface area contributed by atoms with Crippen LogP contribution in [-0.2, 0) is 30.4 Å². The maximum Gasteiger partial charge on any atom is 0.326 e. The Labute approximate surface area is 186 Å². The minimum absolute atomic E-state index is 0.0309. The van der Waals surface area contributed by atoms with Crippen molar-refractivity contribution in [3.63, 3.8) is 0 Å². The van der Waals surface area contributed by atoms with Gasteiger partial charge in [-0.05, 0) is 17.9 Å². The van der Waals surface area contributed by atoms with Gasteiger partial charge >= 0.3 is 5.97 Å². The number of carbonyl (C=O) groups is 5. The summed E-state index contributed by atoms with van der Waals surface area (Å²) in [6.07, 6.45) is -0.232. The number of carboxylic acids is 1. The van der Waals surface area contributed by atoms with E-state index in [1.54, 1.807) is 30.3 Å².